The van der Waals surface area contributed by atoms with Gasteiger partial charge in [0.05, 0.1) is 0 Å². The number of rotatable bonds is 2. The summed E-state index contributed by atoms with van der Waals surface area (Å²) < 4.78 is 0. The molecule has 0 fully saturated rings. The monoisotopic (exact) mass is 113 g/mol. The van der Waals surface area contributed by atoms with Gasteiger partial charge in [0.1, 0.15) is 0 Å². The van der Waals surface area contributed by atoms with Crippen LogP contribution in [0, 0.1) is 17.2 Å². The Morgan fingerprint density at radius 1 is 1.25 bits per heavy atom. The molecule has 0 unspecified atom stereocenters. The molecule has 1 N–H and O–H groups in total. The summed E-state index contributed by atoms with van der Waals surface area (Å²) in [5, 5.41) is 7.23. The fourth-order valence-electron chi connectivity index (χ4n) is 0.500. The van der Waals surface area contributed by atoms with E-state index in [1.54, 1.807) is 0 Å². The number of nitrogens with one attached hydrogen (secondary N) is 1. The van der Waals surface area contributed by atoms with Crippen LogP contribution in [0.15, 0.2) is 0 Å². The van der Waals surface area contributed by atoms with E-state index >= 15 is 0 Å². The van der Waals surface area contributed by atoms with Crippen LogP contribution in [0.1, 0.15) is 27.7 Å². The summed E-state index contributed by atoms with van der Waals surface area (Å²) in [7, 11) is 0. The zero-order valence-corrected chi connectivity index (χ0v) is 6.15. The lowest BCUT2D eigenvalue weighted by Gasteiger charge is -2.12. The molecule has 0 spiro atoms. The van der Waals surface area contributed by atoms with E-state index < -0.39 is 0 Å². The average Bonchev–Trinajstić information content (AvgIpc) is 1.64. The van der Waals surface area contributed by atoms with E-state index in [0.717, 1.165) is 5.71 Å². The van der Waals surface area contributed by atoms with Gasteiger partial charge in [0.15, 0.2) is 0 Å². The van der Waals surface area contributed by atoms with Crippen molar-refractivity contribution in [3.63, 3.8) is 0 Å². The lowest BCUT2D eigenvalue weighted by atomic mass is 9.94. The van der Waals surface area contributed by atoms with Crippen LogP contribution in [-0.4, -0.2) is 5.71 Å². The van der Waals surface area contributed by atoms with Crippen molar-refractivity contribution in [2.45, 2.75) is 27.7 Å². The van der Waals surface area contributed by atoms with Crippen molar-refractivity contribution in [3.8, 4) is 0 Å². The van der Waals surface area contributed by atoms with Crippen molar-refractivity contribution >= 4 is 5.71 Å². The molecule has 1 atom stereocenters. The van der Waals surface area contributed by atoms with Gasteiger partial charge in [0.25, 0.3) is 0 Å². The lowest BCUT2D eigenvalue weighted by Crippen LogP contribution is -2.11. The molecule has 0 saturated heterocycles. The minimum Gasteiger partial charge on any atom is -0.310 e. The summed E-state index contributed by atoms with van der Waals surface area (Å²) in [4.78, 5) is 0. The van der Waals surface area contributed by atoms with E-state index in [1.165, 1.54) is 0 Å². The zero-order valence-electron chi connectivity index (χ0n) is 6.15. The lowest BCUT2D eigenvalue weighted by molar-refractivity contribution is 0.528. The maximum Gasteiger partial charge on any atom is 0.00889 e. The van der Waals surface area contributed by atoms with E-state index in [4.69, 9.17) is 5.41 Å². The van der Waals surface area contributed by atoms with E-state index in [-0.39, 0.29) is 0 Å². The summed E-state index contributed by atoms with van der Waals surface area (Å²) in [6, 6.07) is 0. The van der Waals surface area contributed by atoms with Crippen LogP contribution in [0.4, 0.5) is 0 Å². The van der Waals surface area contributed by atoms with Gasteiger partial charge in [-0.1, -0.05) is 20.8 Å². The predicted octanol–water partition coefficient (Wildman–Crippen LogP) is 2.32. The van der Waals surface area contributed by atoms with Crippen LogP contribution in [0.3, 0.4) is 0 Å². The summed E-state index contributed by atoms with van der Waals surface area (Å²) >= 11 is 0. The van der Waals surface area contributed by atoms with Gasteiger partial charge in [0, 0.05) is 5.71 Å². The molecule has 0 aliphatic rings. The predicted molar refractivity (Wildman–Crippen MR) is 37.4 cm³/mol. The van der Waals surface area contributed by atoms with Gasteiger partial charge in [-0.15, -0.1) is 0 Å². The van der Waals surface area contributed by atoms with Gasteiger partial charge in [-0.2, -0.15) is 0 Å². The highest BCUT2D eigenvalue weighted by molar-refractivity contribution is 5.80. The van der Waals surface area contributed by atoms with Crippen LogP contribution < -0.4 is 0 Å². The molecule has 0 aliphatic heterocycles. The minimum absolute atomic E-state index is 0.454. The molecule has 0 radical (unpaired) electrons. The Morgan fingerprint density at radius 3 is 1.62 bits per heavy atom. The second-order valence-corrected chi connectivity index (χ2v) is 2.72. The average molecular weight is 113 g/mol. The van der Waals surface area contributed by atoms with Gasteiger partial charge in [-0.3, -0.25) is 0 Å². The van der Waals surface area contributed by atoms with E-state index in [0.29, 0.717) is 11.8 Å². The van der Waals surface area contributed by atoms with Crippen molar-refractivity contribution in [1.29, 1.82) is 5.41 Å². The first kappa shape index (κ1) is 7.67. The van der Waals surface area contributed by atoms with E-state index in [1.807, 2.05) is 6.92 Å². The molecule has 0 aromatic carbocycles. The van der Waals surface area contributed by atoms with Gasteiger partial charge in [-0.25, -0.2) is 0 Å². The normalized spacial score (nSPS) is 14.1. The third kappa shape index (κ3) is 2.10. The molecule has 1 nitrogen and oxygen atoms in total. The SMILES string of the molecule is CC(=N)[C@@H](C)C(C)C. The van der Waals surface area contributed by atoms with Crippen molar-refractivity contribution in [3.05, 3.63) is 0 Å². The molecule has 0 bridgehead atoms. The molecule has 0 rings (SSSR count). The number of hydrogen-bond donors (Lipinski definition) is 1. The summed E-state index contributed by atoms with van der Waals surface area (Å²) in [6.07, 6.45) is 0. The highest BCUT2D eigenvalue weighted by Crippen LogP contribution is 2.09. The molecule has 0 aromatic heterocycles. The first-order valence-corrected chi connectivity index (χ1v) is 3.10. The second-order valence-electron chi connectivity index (χ2n) is 2.72. The van der Waals surface area contributed by atoms with Crippen molar-refractivity contribution in [2.24, 2.45) is 11.8 Å². The molecule has 1 heteroatoms. The summed E-state index contributed by atoms with van der Waals surface area (Å²) in [5.74, 6) is 1.07. The van der Waals surface area contributed by atoms with Crippen molar-refractivity contribution < 1.29 is 0 Å². The Bertz CT molecular complexity index is 84.4. The van der Waals surface area contributed by atoms with Gasteiger partial charge >= 0.3 is 0 Å². The van der Waals surface area contributed by atoms with Crippen LogP contribution in [-0.2, 0) is 0 Å². The molecule has 48 valence electrons. The standard InChI is InChI=1S/C7H15N/c1-5(2)6(3)7(4)8/h5-6,8H,1-4H3/t6-/m0/s1. The maximum atomic E-state index is 7.23. The molecule has 0 aromatic rings. The Morgan fingerprint density at radius 2 is 1.62 bits per heavy atom. The topological polar surface area (TPSA) is 23.9 Å². The molecular weight excluding hydrogens is 98.1 g/mol. The third-order valence-corrected chi connectivity index (χ3v) is 1.68. The van der Waals surface area contributed by atoms with Crippen molar-refractivity contribution in [1.82, 2.24) is 0 Å². The quantitative estimate of drug-likeness (QED) is 0.531. The van der Waals surface area contributed by atoms with Gasteiger partial charge < -0.3 is 5.41 Å². The van der Waals surface area contributed by atoms with E-state index in [9.17, 15) is 0 Å². The Balaban J connectivity index is 3.64. The first-order chi connectivity index (χ1) is 3.55. The Hall–Kier alpha value is -0.330. The minimum atomic E-state index is 0.454. The maximum absolute atomic E-state index is 7.23. The molecule has 0 amide bonds. The molecule has 0 heterocycles. The zero-order chi connectivity index (χ0) is 6.73. The molecular formula is C7H15N. The fraction of sp³-hybridized carbons (Fsp3) is 0.857. The first-order valence-electron chi connectivity index (χ1n) is 3.10. The largest absolute Gasteiger partial charge is 0.310 e. The van der Waals surface area contributed by atoms with Crippen molar-refractivity contribution in [2.75, 3.05) is 0 Å². The highest BCUT2D eigenvalue weighted by Gasteiger charge is 2.07. The van der Waals surface area contributed by atoms with Crippen LogP contribution in [0.25, 0.3) is 0 Å². The van der Waals surface area contributed by atoms with Crippen LogP contribution >= 0.6 is 0 Å². The number of hydrogen-bond acceptors (Lipinski definition) is 1. The smallest absolute Gasteiger partial charge is 0.00889 e. The molecule has 0 saturated carbocycles. The Labute approximate surface area is 51.6 Å². The van der Waals surface area contributed by atoms with E-state index in [2.05, 4.69) is 20.8 Å². The fourth-order valence-corrected chi connectivity index (χ4v) is 0.500. The van der Waals surface area contributed by atoms with Crippen LogP contribution in [0.2, 0.25) is 0 Å². The molecule has 0 aliphatic carbocycles. The summed E-state index contributed by atoms with van der Waals surface area (Å²) in [5.41, 5.74) is 0.792. The second kappa shape index (κ2) is 2.85. The third-order valence-electron chi connectivity index (χ3n) is 1.68. The van der Waals surface area contributed by atoms with Gasteiger partial charge in [0.2, 0.25) is 0 Å². The van der Waals surface area contributed by atoms with Gasteiger partial charge in [-0.05, 0) is 18.8 Å². The Kier molecular flexibility index (Phi) is 2.74. The molecule has 8 heavy (non-hydrogen) atoms. The summed E-state index contributed by atoms with van der Waals surface area (Å²) in [6.45, 7) is 8.24. The highest BCUT2D eigenvalue weighted by atomic mass is 14.4. The van der Waals surface area contributed by atoms with Crippen LogP contribution in [0.5, 0.6) is 0 Å².